The Hall–Kier alpha value is -0.630. The van der Waals surface area contributed by atoms with Gasteiger partial charge in [0.05, 0.1) is 0 Å². The van der Waals surface area contributed by atoms with E-state index in [1.807, 2.05) is 26.0 Å². The van der Waals surface area contributed by atoms with Gasteiger partial charge in [0.1, 0.15) is 5.75 Å². The Balaban J connectivity index is 3.04. The van der Waals surface area contributed by atoms with Gasteiger partial charge in [-0.1, -0.05) is 12.1 Å². The van der Waals surface area contributed by atoms with E-state index in [2.05, 4.69) is 6.26 Å². The Morgan fingerprint density at radius 2 is 1.75 bits per heavy atom. The minimum atomic E-state index is 0.430. The van der Waals surface area contributed by atoms with Gasteiger partial charge in [-0.25, -0.2) is 0 Å². The second-order valence-electron chi connectivity index (χ2n) is 3.01. The summed E-state index contributed by atoms with van der Waals surface area (Å²) in [6.07, 6.45) is 2.08. The molecule has 2 heteroatoms. The van der Waals surface area contributed by atoms with Gasteiger partial charge in [0.25, 0.3) is 0 Å². The predicted octanol–water partition coefficient (Wildman–Crippen LogP) is 2.87. The molecule has 0 aliphatic heterocycles. The molecule has 0 bridgehead atoms. The molecule has 0 aliphatic carbocycles. The fourth-order valence-corrected chi connectivity index (χ4v) is 1.80. The number of thioether (sulfide) groups is 1. The van der Waals surface area contributed by atoms with Crippen LogP contribution in [0.4, 0.5) is 0 Å². The molecule has 1 nitrogen and oxygen atoms in total. The number of hydrogen-bond acceptors (Lipinski definition) is 2. The summed E-state index contributed by atoms with van der Waals surface area (Å²) in [6, 6.07) is 4.08. The molecule has 0 saturated carbocycles. The maximum absolute atomic E-state index is 9.49. The van der Waals surface area contributed by atoms with Crippen molar-refractivity contribution < 1.29 is 5.11 Å². The third kappa shape index (κ3) is 1.95. The minimum Gasteiger partial charge on any atom is -0.507 e. The van der Waals surface area contributed by atoms with Crippen molar-refractivity contribution in [2.45, 2.75) is 19.6 Å². The molecule has 0 spiro atoms. The first-order valence-corrected chi connectivity index (χ1v) is 5.32. The van der Waals surface area contributed by atoms with Crippen LogP contribution >= 0.6 is 11.8 Å². The van der Waals surface area contributed by atoms with E-state index in [4.69, 9.17) is 0 Å². The molecule has 0 aromatic heterocycles. The maximum Gasteiger partial charge on any atom is 0.121 e. The highest BCUT2D eigenvalue weighted by Crippen LogP contribution is 2.24. The summed E-state index contributed by atoms with van der Waals surface area (Å²) in [6.45, 7) is 3.87. The van der Waals surface area contributed by atoms with Crippen molar-refractivity contribution in [3.63, 3.8) is 0 Å². The van der Waals surface area contributed by atoms with E-state index in [1.165, 1.54) is 5.56 Å². The van der Waals surface area contributed by atoms with Crippen LogP contribution in [0.15, 0.2) is 12.1 Å². The summed E-state index contributed by atoms with van der Waals surface area (Å²) in [5.74, 6) is 1.45. The van der Waals surface area contributed by atoms with Crippen molar-refractivity contribution >= 4 is 11.8 Å². The number of hydrogen-bond donors (Lipinski definition) is 1. The Bertz CT molecular complexity index is 258. The van der Waals surface area contributed by atoms with Crippen LogP contribution in [0, 0.1) is 13.8 Å². The van der Waals surface area contributed by atoms with Crippen LogP contribution in [0.2, 0.25) is 0 Å². The van der Waals surface area contributed by atoms with Gasteiger partial charge in [-0.05, 0) is 36.8 Å². The average molecular weight is 182 g/mol. The lowest BCUT2D eigenvalue weighted by Gasteiger charge is -2.06. The summed E-state index contributed by atoms with van der Waals surface area (Å²) >= 11 is 1.80. The molecule has 0 atom stereocenters. The molecule has 66 valence electrons. The number of rotatable bonds is 2. The first-order chi connectivity index (χ1) is 5.65. The number of phenolic OH excluding ortho intramolecular Hbond substituents is 1. The second-order valence-corrected chi connectivity index (χ2v) is 3.88. The van der Waals surface area contributed by atoms with Crippen LogP contribution in [-0.2, 0) is 5.75 Å². The smallest absolute Gasteiger partial charge is 0.121 e. The van der Waals surface area contributed by atoms with Gasteiger partial charge >= 0.3 is 0 Å². The van der Waals surface area contributed by atoms with E-state index in [0.717, 1.165) is 16.9 Å². The standard InChI is InChI=1S/C10H14OS/c1-7-4-9(6-12-3)5-8(2)10(7)11/h4-5,11H,6H2,1-3H3. The SMILES string of the molecule is CSCc1cc(C)c(O)c(C)c1. The molecule has 1 N–H and O–H groups in total. The molecule has 0 saturated heterocycles. The Kier molecular flexibility index (Phi) is 3.04. The first-order valence-electron chi connectivity index (χ1n) is 3.93. The van der Waals surface area contributed by atoms with Gasteiger partial charge in [-0.2, -0.15) is 11.8 Å². The predicted molar refractivity (Wildman–Crippen MR) is 54.8 cm³/mol. The lowest BCUT2D eigenvalue weighted by Crippen LogP contribution is -1.86. The van der Waals surface area contributed by atoms with Gasteiger partial charge in [0, 0.05) is 5.75 Å². The highest BCUT2D eigenvalue weighted by molar-refractivity contribution is 7.97. The average Bonchev–Trinajstić information content (AvgIpc) is 2.01. The molecule has 12 heavy (non-hydrogen) atoms. The van der Waals surface area contributed by atoms with Crippen molar-refractivity contribution in [3.05, 3.63) is 28.8 Å². The van der Waals surface area contributed by atoms with E-state index >= 15 is 0 Å². The molecule has 0 unspecified atom stereocenters. The molecule has 1 aromatic carbocycles. The zero-order valence-corrected chi connectivity index (χ0v) is 8.53. The summed E-state index contributed by atoms with van der Waals surface area (Å²) in [7, 11) is 0. The van der Waals surface area contributed by atoms with E-state index < -0.39 is 0 Å². The number of benzene rings is 1. The van der Waals surface area contributed by atoms with Gasteiger partial charge in [-0.15, -0.1) is 0 Å². The van der Waals surface area contributed by atoms with Crippen molar-refractivity contribution in [1.29, 1.82) is 0 Å². The summed E-state index contributed by atoms with van der Waals surface area (Å²) < 4.78 is 0. The number of aromatic hydroxyl groups is 1. The largest absolute Gasteiger partial charge is 0.507 e. The Morgan fingerprint density at radius 3 is 2.17 bits per heavy atom. The lowest BCUT2D eigenvalue weighted by molar-refractivity contribution is 0.466. The highest BCUT2D eigenvalue weighted by Gasteiger charge is 2.01. The minimum absolute atomic E-state index is 0.430. The van der Waals surface area contributed by atoms with Crippen LogP contribution in [0.5, 0.6) is 5.75 Å². The molecule has 0 amide bonds. The van der Waals surface area contributed by atoms with Crippen LogP contribution in [0.3, 0.4) is 0 Å². The van der Waals surface area contributed by atoms with Crippen molar-refractivity contribution in [3.8, 4) is 5.75 Å². The molecule has 1 rings (SSSR count). The quantitative estimate of drug-likeness (QED) is 0.759. The van der Waals surface area contributed by atoms with E-state index in [-0.39, 0.29) is 0 Å². The molecule has 0 heterocycles. The molecule has 0 aliphatic rings. The molecular formula is C10H14OS. The summed E-state index contributed by atoms with van der Waals surface area (Å²) in [4.78, 5) is 0. The fraction of sp³-hybridized carbons (Fsp3) is 0.400. The third-order valence-corrected chi connectivity index (χ3v) is 2.48. The summed E-state index contributed by atoms with van der Waals surface area (Å²) in [5.41, 5.74) is 3.23. The van der Waals surface area contributed by atoms with E-state index in [9.17, 15) is 5.11 Å². The van der Waals surface area contributed by atoms with Crippen LogP contribution in [-0.4, -0.2) is 11.4 Å². The van der Waals surface area contributed by atoms with Crippen LogP contribution in [0.1, 0.15) is 16.7 Å². The van der Waals surface area contributed by atoms with Crippen LogP contribution in [0.25, 0.3) is 0 Å². The van der Waals surface area contributed by atoms with Crippen molar-refractivity contribution in [2.75, 3.05) is 6.26 Å². The molecule has 1 aromatic rings. The zero-order chi connectivity index (χ0) is 9.14. The van der Waals surface area contributed by atoms with Gasteiger partial charge in [0.2, 0.25) is 0 Å². The Labute approximate surface area is 77.8 Å². The van der Waals surface area contributed by atoms with Gasteiger partial charge in [-0.3, -0.25) is 0 Å². The van der Waals surface area contributed by atoms with Gasteiger partial charge < -0.3 is 5.11 Å². The number of aryl methyl sites for hydroxylation is 2. The van der Waals surface area contributed by atoms with Crippen molar-refractivity contribution in [2.24, 2.45) is 0 Å². The normalized spacial score (nSPS) is 10.2. The maximum atomic E-state index is 9.49. The van der Waals surface area contributed by atoms with E-state index in [0.29, 0.717) is 5.75 Å². The van der Waals surface area contributed by atoms with E-state index in [1.54, 1.807) is 11.8 Å². The Morgan fingerprint density at radius 1 is 1.25 bits per heavy atom. The van der Waals surface area contributed by atoms with Crippen molar-refractivity contribution in [1.82, 2.24) is 0 Å². The lowest BCUT2D eigenvalue weighted by atomic mass is 10.1. The number of phenols is 1. The third-order valence-electron chi connectivity index (χ3n) is 1.86. The zero-order valence-electron chi connectivity index (χ0n) is 7.72. The topological polar surface area (TPSA) is 20.2 Å². The first kappa shape index (κ1) is 9.46. The van der Waals surface area contributed by atoms with Gasteiger partial charge in [0.15, 0.2) is 0 Å². The monoisotopic (exact) mass is 182 g/mol. The fourth-order valence-electron chi connectivity index (χ4n) is 1.30. The molecule has 0 radical (unpaired) electrons. The highest BCUT2D eigenvalue weighted by atomic mass is 32.2. The molecular weight excluding hydrogens is 168 g/mol. The molecule has 0 fully saturated rings. The van der Waals surface area contributed by atoms with Crippen LogP contribution < -0.4 is 0 Å². The summed E-state index contributed by atoms with van der Waals surface area (Å²) in [5, 5.41) is 9.49. The second kappa shape index (κ2) is 3.85.